The zero-order valence-corrected chi connectivity index (χ0v) is 32.8. The van der Waals surface area contributed by atoms with E-state index in [4.69, 9.17) is 28.5 Å². The minimum Gasteiger partial charge on any atom is -0.394 e. The zero-order valence-electron chi connectivity index (χ0n) is 26.8. The van der Waals surface area contributed by atoms with Crippen molar-refractivity contribution in [1.29, 1.82) is 5.41 Å². The van der Waals surface area contributed by atoms with Gasteiger partial charge in [-0.2, -0.15) is 40.5 Å². The molecule has 1 aromatic carbocycles. The minimum absolute atomic E-state index is 0. The zero-order chi connectivity index (χ0) is 32.6. The van der Waals surface area contributed by atoms with Crippen molar-refractivity contribution in [2.45, 2.75) is 56.8 Å². The molecule has 0 saturated heterocycles. The summed E-state index contributed by atoms with van der Waals surface area (Å²) in [5, 5.41) is 65.8. The number of rotatable bonds is 22. The molecule has 0 bridgehead atoms. The number of nitrogens with one attached hydrogen (secondary N) is 1. The second-order valence-electron chi connectivity index (χ2n) is 10.8. The third kappa shape index (κ3) is 18.7. The summed E-state index contributed by atoms with van der Waals surface area (Å²) in [5.74, 6) is -0.597. The highest BCUT2D eigenvalue weighted by Gasteiger charge is 2.19. The van der Waals surface area contributed by atoms with Gasteiger partial charge in [-0.25, -0.2) is 9.97 Å². The Bertz CT molecular complexity index is 1190. The number of ketones is 1. The molecule has 2 rings (SSSR count). The lowest BCUT2D eigenvalue weighted by Gasteiger charge is -2.32. The number of hydrogen-bond acceptors (Lipinski definition) is 14. The Morgan fingerprint density at radius 3 is 1.90 bits per heavy atom. The molecule has 11 N–H and O–H groups in total. The summed E-state index contributed by atoms with van der Waals surface area (Å²) in [4.78, 5) is 23.8. The number of anilines is 3. The Morgan fingerprint density at radius 1 is 0.812 bits per heavy atom. The van der Waals surface area contributed by atoms with Crippen molar-refractivity contribution in [1.82, 2.24) is 14.9 Å². The molecule has 0 aliphatic heterocycles. The lowest BCUT2D eigenvalue weighted by Crippen LogP contribution is -2.45. The molecule has 0 fully saturated rings. The lowest BCUT2D eigenvalue weighted by atomic mass is 10.0. The van der Waals surface area contributed by atoms with Crippen LogP contribution in [0.25, 0.3) is 0 Å². The maximum Gasteiger partial charge on any atom is 0.190 e. The third-order valence-corrected chi connectivity index (χ3v) is 7.25. The highest BCUT2D eigenvalue weighted by Crippen LogP contribution is 2.20. The van der Waals surface area contributed by atoms with Crippen molar-refractivity contribution in [3.05, 3.63) is 40.7 Å². The molecule has 2 aromatic rings. The van der Waals surface area contributed by atoms with Gasteiger partial charge >= 0.3 is 0 Å². The number of hydrogen-bond donors (Lipinski definition) is 9. The van der Waals surface area contributed by atoms with E-state index in [9.17, 15) is 35.4 Å². The van der Waals surface area contributed by atoms with E-state index in [2.05, 4.69) is 9.97 Å². The van der Waals surface area contributed by atoms with Gasteiger partial charge in [0.15, 0.2) is 28.3 Å². The third-order valence-electron chi connectivity index (χ3n) is 6.98. The van der Waals surface area contributed by atoms with Gasteiger partial charge in [-0.05, 0) is 43.4 Å². The van der Waals surface area contributed by atoms with Gasteiger partial charge in [0, 0.05) is 44.1 Å². The van der Waals surface area contributed by atoms with Crippen molar-refractivity contribution in [2.75, 3.05) is 68.9 Å². The Hall–Kier alpha value is -1.17. The topological polar surface area (TPSA) is 247 Å². The molecular weight excluding hydrogens is 817 g/mol. The predicted octanol–water partition coefficient (Wildman–Crippen LogP) is 0.814. The number of benzene rings is 1. The van der Waals surface area contributed by atoms with Crippen LogP contribution in [0.2, 0.25) is 5.15 Å². The number of carbonyl (C=O) groups excluding carboxylic acids is 1. The molecule has 14 nitrogen and oxygen atoms in total. The molecule has 3 atom stereocenters. The SMILES string of the molecule is I.N=C(CCCCCc1ccc(N(CCN(C[C@H](O)CO)C[C@H](O)CO)C[C@H](O)CO)cc1)CC(=O)c1nc(Cl)c(N)nc1N.S.S.S. The maximum absolute atomic E-state index is 12.5. The fourth-order valence-electron chi connectivity index (χ4n) is 4.60. The number of unbranched alkanes of at least 4 members (excludes halogenated alkanes) is 2. The lowest BCUT2D eigenvalue weighted by molar-refractivity contribution is 0.0240. The molecular formula is C29H53ClIN7O7S3. The molecule has 1 heterocycles. The summed E-state index contributed by atoms with van der Waals surface area (Å²) in [6.07, 6.45) is 0.654. The second-order valence-corrected chi connectivity index (χ2v) is 11.1. The maximum atomic E-state index is 12.5. The number of aliphatic hydroxyl groups is 6. The van der Waals surface area contributed by atoms with Crippen molar-refractivity contribution in [3.8, 4) is 0 Å². The fraction of sp³-hybridized carbons (Fsp3) is 0.586. The molecule has 19 heteroatoms. The van der Waals surface area contributed by atoms with Crippen LogP contribution < -0.4 is 16.4 Å². The first-order valence-electron chi connectivity index (χ1n) is 14.6. The standard InChI is InChI=1S/C29H46ClN7O7.HI.3H2S/c30-27-29(33)35-28(32)26(34-27)25(44)12-20(31)5-3-1-2-4-19-6-8-21(9-7-19)37(15-24(43)18-40)11-10-36(13-22(41)16-38)14-23(42)17-39;;;;/h6-9,22-24,31,38-43H,1-5,10-18H2,(H4,32,33,35);1H;3*1H2/t22-,23-,24-;;;;/m0..../s1. The van der Waals surface area contributed by atoms with Crippen LogP contribution in [-0.4, -0.2) is 128 Å². The first kappa shape index (κ1) is 51.2. The number of Topliss-reactive ketones (excluding diaryl/α,β-unsaturated/α-hetero) is 1. The summed E-state index contributed by atoms with van der Waals surface area (Å²) in [5.41, 5.74) is 13.4. The first-order chi connectivity index (χ1) is 21.0. The van der Waals surface area contributed by atoms with E-state index >= 15 is 0 Å². The van der Waals surface area contributed by atoms with Crippen molar-refractivity contribution < 1.29 is 35.4 Å². The molecule has 0 aliphatic rings. The van der Waals surface area contributed by atoms with Gasteiger partial charge in [-0.3, -0.25) is 9.69 Å². The van der Waals surface area contributed by atoms with Crippen LogP contribution in [0, 0.1) is 5.41 Å². The molecule has 278 valence electrons. The average Bonchev–Trinajstić information content (AvgIpc) is 3.00. The number of nitrogens with two attached hydrogens (primary N) is 2. The van der Waals surface area contributed by atoms with Gasteiger partial charge in [0.25, 0.3) is 0 Å². The van der Waals surface area contributed by atoms with Gasteiger partial charge in [-0.1, -0.05) is 30.2 Å². The molecule has 48 heavy (non-hydrogen) atoms. The summed E-state index contributed by atoms with van der Waals surface area (Å²) >= 11 is 5.84. The van der Waals surface area contributed by atoms with Gasteiger partial charge in [0.1, 0.15) is 0 Å². The van der Waals surface area contributed by atoms with Crippen molar-refractivity contribution in [2.24, 2.45) is 0 Å². The smallest absolute Gasteiger partial charge is 0.190 e. The Balaban J connectivity index is -0.00000506. The van der Waals surface area contributed by atoms with Crippen LogP contribution in [0.4, 0.5) is 17.3 Å². The van der Waals surface area contributed by atoms with Crippen LogP contribution in [0.15, 0.2) is 24.3 Å². The monoisotopic (exact) mass is 869 g/mol. The summed E-state index contributed by atoms with van der Waals surface area (Å²) in [6.45, 7) is -0.169. The van der Waals surface area contributed by atoms with Gasteiger partial charge < -0.3 is 52.4 Å². The summed E-state index contributed by atoms with van der Waals surface area (Å²) < 4.78 is 0. The number of aromatic nitrogens is 2. The summed E-state index contributed by atoms with van der Waals surface area (Å²) in [7, 11) is 0. The number of nitrogens with zero attached hydrogens (tertiary/aromatic N) is 4. The largest absolute Gasteiger partial charge is 0.394 e. The van der Waals surface area contributed by atoms with Gasteiger partial charge in [0.05, 0.1) is 44.6 Å². The van der Waals surface area contributed by atoms with Crippen LogP contribution in [0.3, 0.4) is 0 Å². The highest BCUT2D eigenvalue weighted by molar-refractivity contribution is 14.0. The Morgan fingerprint density at radius 2 is 1.35 bits per heavy atom. The summed E-state index contributed by atoms with van der Waals surface area (Å²) in [6, 6.07) is 7.82. The Labute approximate surface area is 325 Å². The van der Waals surface area contributed by atoms with E-state index in [0.717, 1.165) is 36.9 Å². The molecule has 0 saturated carbocycles. The van der Waals surface area contributed by atoms with Crippen LogP contribution in [0.5, 0.6) is 0 Å². The first-order valence-corrected chi connectivity index (χ1v) is 15.0. The Kier molecular flexibility index (Phi) is 29.4. The van der Waals surface area contributed by atoms with E-state index < -0.39 is 43.9 Å². The number of carbonyl (C=O) groups is 1. The number of nitrogen functional groups attached to an aromatic ring is 2. The van der Waals surface area contributed by atoms with E-state index in [-0.39, 0.29) is 119 Å². The quantitative estimate of drug-likeness (QED) is 0.0345. The van der Waals surface area contributed by atoms with Crippen LogP contribution >= 0.6 is 76.1 Å². The predicted molar refractivity (Wildman–Crippen MR) is 216 cm³/mol. The van der Waals surface area contributed by atoms with E-state index in [1.165, 1.54) is 0 Å². The van der Waals surface area contributed by atoms with Gasteiger partial charge in [0.2, 0.25) is 0 Å². The van der Waals surface area contributed by atoms with E-state index in [1.807, 2.05) is 29.2 Å². The number of aliphatic hydroxyl groups excluding tert-OH is 6. The minimum atomic E-state index is -1.01. The van der Waals surface area contributed by atoms with Crippen LogP contribution in [0.1, 0.15) is 48.2 Å². The van der Waals surface area contributed by atoms with E-state index in [0.29, 0.717) is 19.5 Å². The second kappa shape index (κ2) is 27.5. The molecule has 0 amide bonds. The van der Waals surface area contributed by atoms with Gasteiger partial charge in [-0.15, -0.1) is 24.0 Å². The van der Waals surface area contributed by atoms with Crippen molar-refractivity contribution >= 4 is 105 Å². The molecule has 0 unspecified atom stereocenters. The number of halogens is 2. The van der Waals surface area contributed by atoms with E-state index in [1.54, 1.807) is 4.90 Å². The normalized spacial score (nSPS) is 12.4. The molecule has 0 radical (unpaired) electrons. The average molecular weight is 870 g/mol. The van der Waals surface area contributed by atoms with Crippen LogP contribution in [-0.2, 0) is 6.42 Å². The van der Waals surface area contributed by atoms with Crippen molar-refractivity contribution in [3.63, 3.8) is 0 Å². The fourth-order valence-corrected chi connectivity index (χ4v) is 4.73. The molecule has 0 spiro atoms. The number of aryl methyl sites for hydroxylation is 1. The molecule has 1 aromatic heterocycles. The highest BCUT2D eigenvalue weighted by atomic mass is 127. The molecule has 0 aliphatic carbocycles.